The van der Waals surface area contributed by atoms with Crippen molar-refractivity contribution in [1.29, 1.82) is 0 Å². The van der Waals surface area contributed by atoms with E-state index in [-0.39, 0.29) is 11.7 Å². The van der Waals surface area contributed by atoms with Crippen LogP contribution in [0.5, 0.6) is 0 Å². The molecule has 2 N–H and O–H groups in total. The van der Waals surface area contributed by atoms with E-state index in [1.165, 1.54) is 6.07 Å². The fourth-order valence-corrected chi connectivity index (χ4v) is 2.08. The van der Waals surface area contributed by atoms with E-state index in [1.807, 2.05) is 0 Å². The summed E-state index contributed by atoms with van der Waals surface area (Å²) in [6.45, 7) is 0. The number of nitrogens with one attached hydrogen (secondary N) is 2. The van der Waals surface area contributed by atoms with Gasteiger partial charge in [-0.15, -0.1) is 0 Å². The van der Waals surface area contributed by atoms with E-state index in [2.05, 4.69) is 10.6 Å². The van der Waals surface area contributed by atoms with Gasteiger partial charge in [0.1, 0.15) is 0 Å². The zero-order chi connectivity index (χ0) is 13.8. The molecule has 0 radical (unpaired) electrons. The third-order valence-corrected chi connectivity index (χ3v) is 3.07. The number of halogens is 2. The van der Waals surface area contributed by atoms with E-state index in [9.17, 15) is 18.4 Å². The zero-order valence-electron chi connectivity index (χ0n) is 10.2. The Hall–Kier alpha value is -1.98. The monoisotopic (exact) mass is 268 g/mol. The van der Waals surface area contributed by atoms with Crippen molar-refractivity contribution < 1.29 is 18.4 Å². The average molecular weight is 268 g/mol. The highest BCUT2D eigenvalue weighted by atomic mass is 19.2. The van der Waals surface area contributed by atoms with Gasteiger partial charge in [-0.2, -0.15) is 0 Å². The molecule has 1 aliphatic carbocycles. The number of carbonyl (C=O) groups excluding carboxylic acids is 2. The fraction of sp³-hybridized carbons (Fsp3) is 0.385. The Kier molecular flexibility index (Phi) is 4.09. The first-order valence-electron chi connectivity index (χ1n) is 6.13. The predicted molar refractivity (Wildman–Crippen MR) is 65.4 cm³/mol. The van der Waals surface area contributed by atoms with Crippen LogP contribution >= 0.6 is 0 Å². The first kappa shape index (κ1) is 13.5. The molecule has 4 nitrogen and oxygen atoms in total. The maximum atomic E-state index is 12.9. The number of hydrogen-bond donors (Lipinski definition) is 2. The third-order valence-electron chi connectivity index (χ3n) is 3.07. The number of carbonyl (C=O) groups is 2. The number of amides is 2. The highest BCUT2D eigenvalue weighted by molar-refractivity contribution is 6.39. The van der Waals surface area contributed by atoms with Gasteiger partial charge in [-0.3, -0.25) is 9.59 Å². The lowest BCUT2D eigenvalue weighted by molar-refractivity contribution is -0.136. The molecular formula is C13H14F2N2O2. The molecule has 2 rings (SSSR count). The largest absolute Gasteiger partial charge is 0.345 e. The van der Waals surface area contributed by atoms with E-state index in [4.69, 9.17) is 0 Å². The summed E-state index contributed by atoms with van der Waals surface area (Å²) in [6.07, 6.45) is 3.81. The van der Waals surface area contributed by atoms with Crippen molar-refractivity contribution in [3.63, 3.8) is 0 Å². The van der Waals surface area contributed by atoms with Crippen LogP contribution in [-0.2, 0) is 9.59 Å². The Morgan fingerprint density at radius 3 is 2.37 bits per heavy atom. The summed E-state index contributed by atoms with van der Waals surface area (Å²) < 4.78 is 25.6. The second-order valence-corrected chi connectivity index (χ2v) is 4.54. The predicted octanol–water partition coefficient (Wildman–Crippen LogP) is 1.96. The van der Waals surface area contributed by atoms with Crippen LogP contribution in [0.15, 0.2) is 18.2 Å². The lowest BCUT2D eigenvalue weighted by Crippen LogP contribution is -2.40. The summed E-state index contributed by atoms with van der Waals surface area (Å²) >= 11 is 0. The summed E-state index contributed by atoms with van der Waals surface area (Å²) in [4.78, 5) is 23.1. The van der Waals surface area contributed by atoms with E-state index < -0.39 is 23.4 Å². The van der Waals surface area contributed by atoms with Gasteiger partial charge in [0.05, 0.1) is 0 Å². The first-order valence-corrected chi connectivity index (χ1v) is 6.13. The topological polar surface area (TPSA) is 58.2 Å². The minimum atomic E-state index is -1.07. The molecule has 2 amide bonds. The van der Waals surface area contributed by atoms with Gasteiger partial charge in [0.15, 0.2) is 11.6 Å². The molecule has 0 aliphatic heterocycles. The molecule has 102 valence electrons. The molecule has 1 fully saturated rings. The Labute approximate surface area is 109 Å². The minimum Gasteiger partial charge on any atom is -0.345 e. The SMILES string of the molecule is O=C(Nc1ccc(F)c(F)c1)C(=O)NC1CCCC1. The van der Waals surface area contributed by atoms with Crippen molar-refractivity contribution in [2.45, 2.75) is 31.7 Å². The van der Waals surface area contributed by atoms with Crippen molar-refractivity contribution in [3.8, 4) is 0 Å². The molecule has 0 aromatic heterocycles. The van der Waals surface area contributed by atoms with Crippen LogP contribution in [-0.4, -0.2) is 17.9 Å². The highest BCUT2D eigenvalue weighted by Gasteiger charge is 2.21. The Balaban J connectivity index is 1.92. The zero-order valence-corrected chi connectivity index (χ0v) is 10.2. The van der Waals surface area contributed by atoms with Crippen LogP contribution in [0.3, 0.4) is 0 Å². The number of hydrogen-bond acceptors (Lipinski definition) is 2. The quantitative estimate of drug-likeness (QED) is 0.806. The molecule has 6 heteroatoms. The van der Waals surface area contributed by atoms with Gasteiger partial charge in [-0.05, 0) is 25.0 Å². The molecule has 1 aliphatic rings. The molecule has 0 bridgehead atoms. The van der Waals surface area contributed by atoms with Crippen LogP contribution in [0, 0.1) is 11.6 Å². The molecule has 0 unspecified atom stereocenters. The lowest BCUT2D eigenvalue weighted by Gasteiger charge is -2.11. The van der Waals surface area contributed by atoms with Crippen molar-refractivity contribution in [1.82, 2.24) is 5.32 Å². The van der Waals surface area contributed by atoms with Crippen molar-refractivity contribution >= 4 is 17.5 Å². The molecule has 0 spiro atoms. The highest BCUT2D eigenvalue weighted by Crippen LogP contribution is 2.17. The maximum Gasteiger partial charge on any atom is 0.313 e. The van der Waals surface area contributed by atoms with E-state index in [0.717, 1.165) is 37.8 Å². The summed E-state index contributed by atoms with van der Waals surface area (Å²) in [5.41, 5.74) is 0.0467. The summed E-state index contributed by atoms with van der Waals surface area (Å²) in [5.74, 6) is -3.71. The average Bonchev–Trinajstić information content (AvgIpc) is 2.86. The summed E-state index contributed by atoms with van der Waals surface area (Å²) in [5, 5.41) is 4.83. The van der Waals surface area contributed by atoms with Gasteiger partial charge in [0.25, 0.3) is 0 Å². The van der Waals surface area contributed by atoms with Crippen LogP contribution in [0.4, 0.5) is 14.5 Å². The van der Waals surface area contributed by atoms with E-state index in [1.54, 1.807) is 0 Å². The molecule has 1 aromatic rings. The third kappa shape index (κ3) is 3.49. The summed E-state index contributed by atoms with van der Waals surface area (Å²) in [6, 6.07) is 2.94. The van der Waals surface area contributed by atoms with Crippen LogP contribution in [0.25, 0.3) is 0 Å². The van der Waals surface area contributed by atoms with Gasteiger partial charge < -0.3 is 10.6 Å². The lowest BCUT2D eigenvalue weighted by atomic mass is 10.2. The molecule has 0 atom stereocenters. The number of rotatable bonds is 2. The van der Waals surface area contributed by atoms with Gasteiger partial charge >= 0.3 is 11.8 Å². The van der Waals surface area contributed by atoms with Gasteiger partial charge in [-0.25, -0.2) is 8.78 Å². The van der Waals surface area contributed by atoms with Gasteiger partial charge in [0.2, 0.25) is 0 Å². The molecule has 1 saturated carbocycles. The molecule has 0 saturated heterocycles. The summed E-state index contributed by atoms with van der Waals surface area (Å²) in [7, 11) is 0. The number of anilines is 1. The molecule has 19 heavy (non-hydrogen) atoms. The van der Waals surface area contributed by atoms with Crippen molar-refractivity contribution in [3.05, 3.63) is 29.8 Å². The minimum absolute atomic E-state index is 0.0307. The normalized spacial score (nSPS) is 15.3. The maximum absolute atomic E-state index is 12.9. The Bertz CT molecular complexity index is 499. The Morgan fingerprint density at radius 2 is 1.74 bits per heavy atom. The van der Waals surface area contributed by atoms with Crippen molar-refractivity contribution in [2.24, 2.45) is 0 Å². The van der Waals surface area contributed by atoms with Gasteiger partial charge in [0, 0.05) is 17.8 Å². The van der Waals surface area contributed by atoms with Crippen LogP contribution in [0.1, 0.15) is 25.7 Å². The van der Waals surface area contributed by atoms with E-state index in [0.29, 0.717) is 0 Å². The smallest absolute Gasteiger partial charge is 0.313 e. The van der Waals surface area contributed by atoms with Crippen molar-refractivity contribution in [2.75, 3.05) is 5.32 Å². The molecule has 0 heterocycles. The second-order valence-electron chi connectivity index (χ2n) is 4.54. The van der Waals surface area contributed by atoms with E-state index >= 15 is 0 Å². The molecular weight excluding hydrogens is 254 g/mol. The standard InChI is InChI=1S/C13H14F2N2O2/c14-10-6-5-9(7-11(10)15)17-13(19)12(18)16-8-3-1-2-4-8/h5-8H,1-4H2,(H,16,18)(H,17,19). The fourth-order valence-electron chi connectivity index (χ4n) is 2.08. The van der Waals surface area contributed by atoms with Gasteiger partial charge in [-0.1, -0.05) is 12.8 Å². The number of benzene rings is 1. The second kappa shape index (κ2) is 5.77. The Morgan fingerprint density at radius 1 is 1.05 bits per heavy atom. The first-order chi connectivity index (χ1) is 9.06. The van der Waals surface area contributed by atoms with Crippen LogP contribution in [0.2, 0.25) is 0 Å². The van der Waals surface area contributed by atoms with Crippen LogP contribution < -0.4 is 10.6 Å². The molecule has 1 aromatic carbocycles.